The molecule has 0 spiro atoms. The van der Waals surface area contributed by atoms with Crippen LogP contribution < -0.4 is 16.0 Å². The quantitative estimate of drug-likeness (QED) is 0.307. The van der Waals surface area contributed by atoms with E-state index in [1.54, 1.807) is 10.6 Å². The van der Waals surface area contributed by atoms with E-state index in [4.69, 9.17) is 20.2 Å². The number of cyclic esters (lactones) is 1. The molecule has 4 aromatic rings. The van der Waals surface area contributed by atoms with Crippen molar-refractivity contribution in [1.82, 2.24) is 9.55 Å². The standard InChI is InChI=1S/C27H23N3O5/c1-3-34-22-10-17-20(8-13(22)2)29-24-18(23(17)14-4-6-15(28)7-5-14)11-30-21(24)9-16-19(26(30)32)12-35-27(33)25(16)31/h4-10,25,31H,3,11-12,28H2,1-2H3. The minimum Gasteiger partial charge on any atom is -0.494 e. The van der Waals surface area contributed by atoms with Crippen molar-refractivity contribution >= 4 is 22.6 Å². The second kappa shape index (κ2) is 7.68. The maximum absolute atomic E-state index is 13.4. The van der Waals surface area contributed by atoms with Gasteiger partial charge in [0.15, 0.2) is 6.10 Å². The molecule has 0 radical (unpaired) electrons. The average molecular weight is 469 g/mol. The number of fused-ring (bicyclic) bond motifs is 5. The van der Waals surface area contributed by atoms with E-state index in [2.05, 4.69) is 0 Å². The highest BCUT2D eigenvalue weighted by Crippen LogP contribution is 2.43. The number of ether oxygens (including phenoxy) is 2. The molecule has 0 amide bonds. The number of benzene rings is 2. The SMILES string of the molecule is CCOc1cc2c(-c3ccc(N)cc3)c3c(nc2cc1C)-c1cc2c(c(=O)n1C3)COC(=O)C2O. The molecule has 1 unspecified atom stereocenters. The fourth-order valence-corrected chi connectivity index (χ4v) is 5.05. The lowest BCUT2D eigenvalue weighted by Crippen LogP contribution is -2.32. The molecule has 0 bridgehead atoms. The van der Waals surface area contributed by atoms with Gasteiger partial charge in [0.2, 0.25) is 0 Å². The van der Waals surface area contributed by atoms with Crippen molar-refractivity contribution in [1.29, 1.82) is 0 Å². The van der Waals surface area contributed by atoms with Gasteiger partial charge in [-0.1, -0.05) is 12.1 Å². The molecule has 0 fully saturated rings. The molecule has 2 aliphatic rings. The molecule has 6 rings (SSSR count). The first-order chi connectivity index (χ1) is 16.9. The van der Waals surface area contributed by atoms with Crippen molar-refractivity contribution < 1.29 is 19.4 Å². The first-order valence-corrected chi connectivity index (χ1v) is 11.4. The summed E-state index contributed by atoms with van der Waals surface area (Å²) in [7, 11) is 0. The van der Waals surface area contributed by atoms with E-state index in [0.717, 1.165) is 38.9 Å². The third kappa shape index (κ3) is 3.14. The average Bonchev–Trinajstić information content (AvgIpc) is 3.20. The van der Waals surface area contributed by atoms with Crippen LogP contribution in [0.15, 0.2) is 47.3 Å². The number of rotatable bonds is 3. The highest BCUT2D eigenvalue weighted by atomic mass is 16.5. The van der Waals surface area contributed by atoms with E-state index >= 15 is 0 Å². The van der Waals surface area contributed by atoms with E-state index in [0.29, 0.717) is 35.8 Å². The number of pyridine rings is 2. The molecule has 0 saturated heterocycles. The number of aryl methyl sites for hydroxylation is 1. The molecule has 2 aliphatic heterocycles. The molecule has 4 heterocycles. The van der Waals surface area contributed by atoms with Gasteiger partial charge in [-0.05, 0) is 60.9 Å². The molecule has 35 heavy (non-hydrogen) atoms. The predicted octanol–water partition coefficient (Wildman–Crippen LogP) is 3.47. The smallest absolute Gasteiger partial charge is 0.340 e. The fraction of sp³-hybridized carbons (Fsp3) is 0.222. The third-order valence-electron chi connectivity index (χ3n) is 6.75. The van der Waals surface area contributed by atoms with Crippen LogP contribution in [0.2, 0.25) is 0 Å². The second-order valence-electron chi connectivity index (χ2n) is 8.87. The number of nitrogen functional groups attached to an aromatic ring is 1. The summed E-state index contributed by atoms with van der Waals surface area (Å²) in [5, 5.41) is 11.3. The number of esters is 1. The van der Waals surface area contributed by atoms with Crippen molar-refractivity contribution in [2.75, 3.05) is 12.3 Å². The van der Waals surface area contributed by atoms with Gasteiger partial charge in [-0.25, -0.2) is 9.78 Å². The monoisotopic (exact) mass is 469 g/mol. The lowest BCUT2D eigenvalue weighted by Gasteiger charge is -2.21. The van der Waals surface area contributed by atoms with Gasteiger partial charge in [0, 0.05) is 22.2 Å². The lowest BCUT2D eigenvalue weighted by atomic mass is 9.93. The van der Waals surface area contributed by atoms with Gasteiger partial charge in [-0.3, -0.25) is 4.79 Å². The van der Waals surface area contributed by atoms with Gasteiger partial charge < -0.3 is 24.9 Å². The van der Waals surface area contributed by atoms with Crippen molar-refractivity contribution in [3.8, 4) is 28.3 Å². The number of nitrogens with two attached hydrogens (primary N) is 1. The Hall–Kier alpha value is -4.17. The maximum atomic E-state index is 13.4. The number of hydrogen-bond acceptors (Lipinski definition) is 7. The Kier molecular flexibility index (Phi) is 4.69. The third-order valence-corrected chi connectivity index (χ3v) is 6.75. The van der Waals surface area contributed by atoms with E-state index < -0.39 is 12.1 Å². The Morgan fingerprint density at radius 3 is 2.69 bits per heavy atom. The highest BCUT2D eigenvalue weighted by molar-refractivity contribution is 6.01. The van der Waals surface area contributed by atoms with Gasteiger partial charge in [0.05, 0.1) is 35.6 Å². The van der Waals surface area contributed by atoms with Crippen molar-refractivity contribution in [2.24, 2.45) is 0 Å². The van der Waals surface area contributed by atoms with Crippen LogP contribution in [0.3, 0.4) is 0 Å². The molecule has 3 N–H and O–H groups in total. The number of anilines is 1. The van der Waals surface area contributed by atoms with Gasteiger partial charge in [-0.15, -0.1) is 0 Å². The van der Waals surface area contributed by atoms with Crippen LogP contribution in [0.1, 0.15) is 35.3 Å². The Bertz CT molecular complexity index is 1600. The Morgan fingerprint density at radius 1 is 1.17 bits per heavy atom. The topological polar surface area (TPSA) is 117 Å². The summed E-state index contributed by atoms with van der Waals surface area (Å²) in [6, 6.07) is 13.3. The van der Waals surface area contributed by atoms with Gasteiger partial charge in [0.25, 0.3) is 5.56 Å². The summed E-state index contributed by atoms with van der Waals surface area (Å²) < 4.78 is 12.5. The molecule has 2 aromatic heterocycles. The minimum absolute atomic E-state index is 0.155. The number of aliphatic hydroxyl groups is 1. The zero-order valence-electron chi connectivity index (χ0n) is 19.3. The number of aromatic nitrogens is 2. The summed E-state index contributed by atoms with van der Waals surface area (Å²) in [6.45, 7) is 4.61. The van der Waals surface area contributed by atoms with Crippen molar-refractivity contribution in [3.63, 3.8) is 0 Å². The molecule has 176 valence electrons. The molecule has 0 aliphatic carbocycles. The Morgan fingerprint density at radius 2 is 1.94 bits per heavy atom. The molecule has 2 aromatic carbocycles. The normalized spacial score (nSPS) is 16.0. The van der Waals surface area contributed by atoms with Crippen LogP contribution in [-0.2, 0) is 22.7 Å². The molecule has 0 saturated carbocycles. The minimum atomic E-state index is -1.49. The first-order valence-electron chi connectivity index (χ1n) is 11.4. The first kappa shape index (κ1) is 21.4. The molecular formula is C27H23N3O5. The zero-order valence-corrected chi connectivity index (χ0v) is 19.3. The number of nitrogens with zero attached hydrogens (tertiary/aromatic N) is 2. The molecule has 8 heteroatoms. The van der Waals surface area contributed by atoms with Gasteiger partial charge in [-0.2, -0.15) is 0 Å². The Labute approximate surface area is 200 Å². The summed E-state index contributed by atoms with van der Waals surface area (Å²) in [6.07, 6.45) is -1.49. The van der Waals surface area contributed by atoms with Crippen molar-refractivity contribution in [3.05, 3.63) is 75.1 Å². The number of carbonyl (C=O) groups is 1. The van der Waals surface area contributed by atoms with Gasteiger partial charge >= 0.3 is 5.97 Å². The Balaban J connectivity index is 1.68. The number of hydrogen-bond donors (Lipinski definition) is 2. The number of carbonyl (C=O) groups excluding carboxylic acids is 1. The fourth-order valence-electron chi connectivity index (χ4n) is 5.05. The summed E-state index contributed by atoms with van der Waals surface area (Å²) in [5.41, 5.74) is 12.6. The van der Waals surface area contributed by atoms with Crippen LogP contribution in [0, 0.1) is 6.92 Å². The van der Waals surface area contributed by atoms with E-state index in [-0.39, 0.29) is 17.7 Å². The lowest BCUT2D eigenvalue weighted by molar-refractivity contribution is -0.157. The molecular weight excluding hydrogens is 446 g/mol. The molecule has 1 atom stereocenters. The van der Waals surface area contributed by atoms with E-state index in [9.17, 15) is 14.7 Å². The summed E-state index contributed by atoms with van der Waals surface area (Å²) in [4.78, 5) is 30.3. The maximum Gasteiger partial charge on any atom is 0.340 e. The van der Waals surface area contributed by atoms with Crippen LogP contribution in [0.4, 0.5) is 5.69 Å². The second-order valence-corrected chi connectivity index (χ2v) is 8.87. The van der Waals surface area contributed by atoms with Crippen LogP contribution in [-0.4, -0.2) is 27.2 Å². The van der Waals surface area contributed by atoms with Crippen LogP contribution >= 0.6 is 0 Å². The van der Waals surface area contributed by atoms with E-state index in [1.807, 2.05) is 50.2 Å². The largest absolute Gasteiger partial charge is 0.494 e. The zero-order chi connectivity index (χ0) is 24.4. The number of aliphatic hydroxyl groups excluding tert-OH is 1. The van der Waals surface area contributed by atoms with Crippen molar-refractivity contribution in [2.45, 2.75) is 33.1 Å². The highest BCUT2D eigenvalue weighted by Gasteiger charge is 2.35. The van der Waals surface area contributed by atoms with Crippen LogP contribution in [0.5, 0.6) is 5.75 Å². The summed E-state index contributed by atoms with van der Waals surface area (Å²) in [5.74, 6) is 0.0218. The predicted molar refractivity (Wildman–Crippen MR) is 131 cm³/mol. The van der Waals surface area contributed by atoms with Gasteiger partial charge in [0.1, 0.15) is 12.4 Å². The van der Waals surface area contributed by atoms with Crippen LogP contribution in [0.25, 0.3) is 33.4 Å². The molecule has 8 nitrogen and oxygen atoms in total. The summed E-state index contributed by atoms with van der Waals surface area (Å²) >= 11 is 0. The van der Waals surface area contributed by atoms with E-state index in [1.165, 1.54) is 0 Å².